The Hall–Kier alpha value is -5.60. The maximum atomic E-state index is 6.99. The summed E-state index contributed by atoms with van der Waals surface area (Å²) in [5.41, 5.74) is 5.69. The van der Waals surface area contributed by atoms with E-state index in [9.17, 15) is 0 Å². The van der Waals surface area contributed by atoms with E-state index in [0.717, 1.165) is 54.8 Å². The topological polar surface area (TPSA) is 26.3 Å². The van der Waals surface area contributed by atoms with Crippen molar-refractivity contribution in [3.8, 4) is 11.1 Å². The average Bonchev–Trinajstić information content (AvgIpc) is 3.63. The molecule has 0 aliphatic carbocycles. The number of furan rings is 2. The molecule has 0 atom stereocenters. The maximum absolute atomic E-state index is 6.99. The van der Waals surface area contributed by atoms with Crippen LogP contribution in [0.25, 0.3) is 98.1 Å². The molecule has 0 saturated heterocycles. The van der Waals surface area contributed by atoms with Crippen molar-refractivity contribution in [2.45, 2.75) is 0 Å². The molecule has 0 radical (unpaired) electrons. The zero-order valence-electron chi connectivity index (χ0n) is 22.5. The van der Waals surface area contributed by atoms with Gasteiger partial charge < -0.3 is 8.83 Å². The summed E-state index contributed by atoms with van der Waals surface area (Å²) in [7, 11) is 0. The summed E-state index contributed by atoms with van der Waals surface area (Å²) < 4.78 is 13.6. The third-order valence-corrected chi connectivity index (χ3v) is 9.03. The first-order chi connectivity index (χ1) is 20.8. The Bertz CT molecular complexity index is 2720. The lowest BCUT2D eigenvalue weighted by Crippen LogP contribution is -1.86. The van der Waals surface area contributed by atoms with Gasteiger partial charge in [-0.05, 0) is 67.7 Å². The van der Waals surface area contributed by atoms with Crippen molar-refractivity contribution in [2.24, 2.45) is 0 Å². The van der Waals surface area contributed by atoms with Gasteiger partial charge in [-0.25, -0.2) is 0 Å². The van der Waals surface area contributed by atoms with E-state index in [-0.39, 0.29) is 0 Å². The van der Waals surface area contributed by atoms with Crippen molar-refractivity contribution in [1.82, 2.24) is 0 Å². The van der Waals surface area contributed by atoms with Gasteiger partial charge in [0.05, 0.1) is 0 Å². The Morgan fingerprint density at radius 3 is 1.52 bits per heavy atom. The zero-order valence-corrected chi connectivity index (χ0v) is 22.5. The van der Waals surface area contributed by atoms with E-state index in [4.69, 9.17) is 8.83 Å². The minimum absolute atomic E-state index is 0.797. The van der Waals surface area contributed by atoms with E-state index in [1.165, 1.54) is 43.3 Å². The second-order valence-electron chi connectivity index (χ2n) is 11.2. The van der Waals surface area contributed by atoms with E-state index < -0.39 is 0 Å². The quantitative estimate of drug-likeness (QED) is 0.196. The van der Waals surface area contributed by atoms with E-state index in [2.05, 4.69) is 127 Å². The summed E-state index contributed by atoms with van der Waals surface area (Å²) in [6, 6.07) is 47.5. The highest BCUT2D eigenvalue weighted by Crippen LogP contribution is 2.48. The smallest absolute Gasteiger partial charge is 0.178 e. The lowest BCUT2D eigenvalue weighted by molar-refractivity contribution is 0.635. The molecule has 194 valence electrons. The molecule has 10 rings (SSSR count). The minimum atomic E-state index is 0.797. The first-order valence-electron chi connectivity index (χ1n) is 14.4. The highest BCUT2D eigenvalue weighted by Gasteiger charge is 2.22. The fourth-order valence-corrected chi connectivity index (χ4v) is 7.22. The van der Waals surface area contributed by atoms with Crippen LogP contribution in [0, 0.1) is 0 Å². The van der Waals surface area contributed by atoms with Gasteiger partial charge in [-0.2, -0.15) is 0 Å². The minimum Gasteiger partial charge on any atom is -0.452 e. The lowest BCUT2D eigenvalue weighted by atomic mass is 9.89. The van der Waals surface area contributed by atoms with Crippen LogP contribution in [-0.4, -0.2) is 0 Å². The number of hydrogen-bond acceptors (Lipinski definition) is 2. The Morgan fingerprint density at radius 2 is 0.810 bits per heavy atom. The summed E-state index contributed by atoms with van der Waals surface area (Å²) in [5, 5.41) is 14.2. The first-order valence-corrected chi connectivity index (χ1v) is 14.4. The van der Waals surface area contributed by atoms with Gasteiger partial charge in [0.15, 0.2) is 11.2 Å². The number of rotatable bonds is 1. The standard InChI is InChI=1S/C40H22O2/c1-2-10-23(11-3-1)24-18-19-27-32-20-21-33-36-31-17-9-8-16-30(31)35-28-14-6-4-12-25(28)26-13-5-7-15-29(26)37(35)40(36)42-39(33)38(32)41-34(27)22-24/h1-22H. The van der Waals surface area contributed by atoms with Crippen molar-refractivity contribution >= 4 is 87.0 Å². The van der Waals surface area contributed by atoms with Gasteiger partial charge in [-0.1, -0.05) is 109 Å². The predicted molar refractivity (Wildman–Crippen MR) is 176 cm³/mol. The molecule has 0 spiro atoms. The lowest BCUT2D eigenvalue weighted by Gasteiger charge is -2.13. The van der Waals surface area contributed by atoms with Crippen LogP contribution in [0.2, 0.25) is 0 Å². The Morgan fingerprint density at radius 1 is 0.286 bits per heavy atom. The highest BCUT2D eigenvalue weighted by atomic mass is 16.4. The van der Waals surface area contributed by atoms with E-state index >= 15 is 0 Å². The molecule has 0 saturated carbocycles. The molecule has 2 aromatic heterocycles. The van der Waals surface area contributed by atoms with Crippen molar-refractivity contribution in [3.05, 3.63) is 133 Å². The number of benzene rings is 8. The summed E-state index contributed by atoms with van der Waals surface area (Å²) >= 11 is 0. The van der Waals surface area contributed by atoms with E-state index in [0.29, 0.717) is 0 Å². The third-order valence-electron chi connectivity index (χ3n) is 9.03. The van der Waals surface area contributed by atoms with Crippen LogP contribution in [0.5, 0.6) is 0 Å². The molecule has 2 heteroatoms. The SMILES string of the molecule is c1ccc(-c2ccc3c(c2)oc2c3ccc3c2oc2c3c3ccccc3c3c4ccccc4c4ccccc4c23)cc1. The highest BCUT2D eigenvalue weighted by molar-refractivity contribution is 6.41. The van der Waals surface area contributed by atoms with Gasteiger partial charge >= 0.3 is 0 Å². The molecule has 0 aliphatic rings. The van der Waals surface area contributed by atoms with Crippen molar-refractivity contribution in [3.63, 3.8) is 0 Å². The van der Waals surface area contributed by atoms with Crippen LogP contribution >= 0.6 is 0 Å². The Labute approximate surface area is 240 Å². The van der Waals surface area contributed by atoms with Crippen LogP contribution in [0.15, 0.2) is 142 Å². The molecule has 0 N–H and O–H groups in total. The Balaban J connectivity index is 1.41. The molecule has 2 heterocycles. The van der Waals surface area contributed by atoms with Crippen molar-refractivity contribution < 1.29 is 8.83 Å². The molecular formula is C40H22O2. The fraction of sp³-hybridized carbons (Fsp3) is 0. The van der Waals surface area contributed by atoms with Gasteiger partial charge in [0.25, 0.3) is 0 Å². The molecular weight excluding hydrogens is 512 g/mol. The molecule has 42 heavy (non-hydrogen) atoms. The van der Waals surface area contributed by atoms with Crippen LogP contribution in [0.3, 0.4) is 0 Å². The van der Waals surface area contributed by atoms with Crippen molar-refractivity contribution in [1.29, 1.82) is 0 Å². The number of hydrogen-bond donors (Lipinski definition) is 0. The van der Waals surface area contributed by atoms with Gasteiger partial charge in [0, 0.05) is 32.3 Å². The van der Waals surface area contributed by atoms with Gasteiger partial charge in [-0.15, -0.1) is 0 Å². The summed E-state index contributed by atoms with van der Waals surface area (Å²) in [6.07, 6.45) is 0. The van der Waals surface area contributed by atoms with Crippen LogP contribution in [0.1, 0.15) is 0 Å². The summed E-state index contributed by atoms with van der Waals surface area (Å²) in [6.45, 7) is 0. The molecule has 0 aliphatic heterocycles. The van der Waals surface area contributed by atoms with Gasteiger partial charge in [0.1, 0.15) is 11.2 Å². The maximum Gasteiger partial charge on any atom is 0.178 e. The largest absolute Gasteiger partial charge is 0.452 e. The third kappa shape index (κ3) is 2.78. The van der Waals surface area contributed by atoms with Crippen LogP contribution < -0.4 is 0 Å². The number of fused-ring (bicyclic) bond motifs is 17. The molecule has 8 aromatic carbocycles. The monoisotopic (exact) mass is 534 g/mol. The molecule has 0 bridgehead atoms. The van der Waals surface area contributed by atoms with Gasteiger partial charge in [-0.3, -0.25) is 0 Å². The molecule has 10 aromatic rings. The molecule has 2 nitrogen and oxygen atoms in total. The average molecular weight is 535 g/mol. The zero-order chi connectivity index (χ0) is 27.4. The molecule has 0 amide bonds. The van der Waals surface area contributed by atoms with E-state index in [1.807, 2.05) is 6.07 Å². The first kappa shape index (κ1) is 22.1. The second kappa shape index (κ2) is 7.99. The fourth-order valence-electron chi connectivity index (χ4n) is 7.22. The van der Waals surface area contributed by atoms with Crippen LogP contribution in [0.4, 0.5) is 0 Å². The van der Waals surface area contributed by atoms with Gasteiger partial charge in [0.2, 0.25) is 0 Å². The molecule has 0 fully saturated rings. The predicted octanol–water partition coefficient (Wildman–Crippen LogP) is 11.8. The Kier molecular flexibility index (Phi) is 4.21. The summed E-state index contributed by atoms with van der Waals surface area (Å²) in [4.78, 5) is 0. The van der Waals surface area contributed by atoms with Crippen molar-refractivity contribution in [2.75, 3.05) is 0 Å². The van der Waals surface area contributed by atoms with Crippen LogP contribution in [-0.2, 0) is 0 Å². The summed E-state index contributed by atoms with van der Waals surface area (Å²) in [5.74, 6) is 0. The normalized spacial score (nSPS) is 12.3. The molecule has 0 unspecified atom stereocenters. The van der Waals surface area contributed by atoms with E-state index in [1.54, 1.807) is 0 Å². The second-order valence-corrected chi connectivity index (χ2v) is 11.2.